The van der Waals surface area contributed by atoms with E-state index >= 15 is 0 Å². The SMILES string of the molecule is CCNC(=NCc1sc(C)nc1C)NCC(C)Sc1ccccc1. The van der Waals surface area contributed by atoms with E-state index in [9.17, 15) is 0 Å². The van der Waals surface area contributed by atoms with Crippen LogP contribution in [0.2, 0.25) is 0 Å². The van der Waals surface area contributed by atoms with Gasteiger partial charge in [-0.2, -0.15) is 0 Å². The molecule has 24 heavy (non-hydrogen) atoms. The van der Waals surface area contributed by atoms with Crippen molar-refractivity contribution in [1.29, 1.82) is 0 Å². The minimum atomic E-state index is 0.462. The van der Waals surface area contributed by atoms with Crippen LogP contribution in [0.4, 0.5) is 0 Å². The number of thioether (sulfide) groups is 1. The third-order valence-electron chi connectivity index (χ3n) is 3.36. The van der Waals surface area contributed by atoms with Crippen LogP contribution in [0.15, 0.2) is 40.2 Å². The molecule has 0 aliphatic heterocycles. The molecule has 2 aromatic rings. The molecule has 0 bridgehead atoms. The topological polar surface area (TPSA) is 49.3 Å². The molecule has 0 saturated heterocycles. The number of hydrogen-bond donors (Lipinski definition) is 2. The maximum Gasteiger partial charge on any atom is 0.191 e. The monoisotopic (exact) mass is 362 g/mol. The van der Waals surface area contributed by atoms with Gasteiger partial charge in [-0.25, -0.2) is 9.98 Å². The average Bonchev–Trinajstić information content (AvgIpc) is 2.88. The summed E-state index contributed by atoms with van der Waals surface area (Å²) in [6.07, 6.45) is 0. The van der Waals surface area contributed by atoms with Crippen molar-refractivity contribution in [3.63, 3.8) is 0 Å². The summed E-state index contributed by atoms with van der Waals surface area (Å²) in [7, 11) is 0. The fourth-order valence-corrected chi connectivity index (χ4v) is 4.03. The Bertz CT molecular complexity index is 652. The first-order chi connectivity index (χ1) is 11.6. The summed E-state index contributed by atoms with van der Waals surface area (Å²) >= 11 is 3.59. The molecule has 1 aromatic carbocycles. The fraction of sp³-hybridized carbons (Fsp3) is 0.444. The second kappa shape index (κ2) is 9.69. The van der Waals surface area contributed by atoms with Gasteiger partial charge >= 0.3 is 0 Å². The van der Waals surface area contributed by atoms with Crippen LogP contribution in [-0.4, -0.2) is 29.3 Å². The van der Waals surface area contributed by atoms with Gasteiger partial charge in [0.2, 0.25) is 0 Å². The first kappa shape index (κ1) is 18.8. The van der Waals surface area contributed by atoms with Gasteiger partial charge in [0.15, 0.2) is 5.96 Å². The number of aliphatic imine (C=N–C) groups is 1. The molecule has 0 aliphatic rings. The molecule has 1 atom stereocenters. The van der Waals surface area contributed by atoms with Crippen LogP contribution in [-0.2, 0) is 6.54 Å². The molecule has 0 spiro atoms. The van der Waals surface area contributed by atoms with Crippen LogP contribution < -0.4 is 10.6 Å². The number of benzene rings is 1. The Morgan fingerprint density at radius 2 is 2.00 bits per heavy atom. The highest BCUT2D eigenvalue weighted by Crippen LogP contribution is 2.22. The number of hydrogen-bond acceptors (Lipinski definition) is 4. The molecule has 1 aromatic heterocycles. The Kier molecular flexibility index (Phi) is 7.59. The summed E-state index contributed by atoms with van der Waals surface area (Å²) in [5.74, 6) is 0.864. The second-order valence-electron chi connectivity index (χ2n) is 5.56. The van der Waals surface area contributed by atoms with E-state index in [1.165, 1.54) is 9.77 Å². The molecular formula is C18H26N4S2. The number of aromatic nitrogens is 1. The third kappa shape index (κ3) is 6.17. The van der Waals surface area contributed by atoms with E-state index in [0.29, 0.717) is 11.8 Å². The molecule has 4 nitrogen and oxygen atoms in total. The zero-order valence-electron chi connectivity index (χ0n) is 14.8. The highest BCUT2D eigenvalue weighted by molar-refractivity contribution is 8.00. The summed E-state index contributed by atoms with van der Waals surface area (Å²) in [6, 6.07) is 10.5. The van der Waals surface area contributed by atoms with Crippen molar-refractivity contribution in [2.75, 3.05) is 13.1 Å². The van der Waals surface area contributed by atoms with Gasteiger partial charge in [0.1, 0.15) is 0 Å². The van der Waals surface area contributed by atoms with Gasteiger partial charge < -0.3 is 10.6 Å². The molecule has 6 heteroatoms. The molecule has 1 unspecified atom stereocenters. The van der Waals surface area contributed by atoms with Crippen molar-refractivity contribution in [1.82, 2.24) is 15.6 Å². The lowest BCUT2D eigenvalue weighted by Crippen LogP contribution is -2.40. The minimum absolute atomic E-state index is 0.462. The Morgan fingerprint density at radius 3 is 2.62 bits per heavy atom. The largest absolute Gasteiger partial charge is 0.357 e. The van der Waals surface area contributed by atoms with Crippen molar-refractivity contribution < 1.29 is 0 Å². The predicted molar refractivity (Wildman–Crippen MR) is 106 cm³/mol. The van der Waals surface area contributed by atoms with Gasteiger partial charge in [-0.3, -0.25) is 0 Å². The van der Waals surface area contributed by atoms with Crippen molar-refractivity contribution in [2.45, 2.75) is 44.4 Å². The maximum absolute atomic E-state index is 4.69. The Labute approximate surface area is 153 Å². The Hall–Kier alpha value is -1.53. The van der Waals surface area contributed by atoms with Crippen LogP contribution in [0.1, 0.15) is 29.4 Å². The predicted octanol–water partition coefficient (Wildman–Crippen LogP) is 4.00. The number of aryl methyl sites for hydroxylation is 2. The molecule has 0 amide bonds. The summed E-state index contributed by atoms with van der Waals surface area (Å²) in [5, 5.41) is 8.31. The normalized spacial score (nSPS) is 12.9. The van der Waals surface area contributed by atoms with Crippen molar-refractivity contribution >= 4 is 29.1 Å². The lowest BCUT2D eigenvalue weighted by Gasteiger charge is -2.15. The molecule has 1 heterocycles. The van der Waals surface area contributed by atoms with E-state index in [4.69, 9.17) is 4.99 Å². The summed E-state index contributed by atoms with van der Waals surface area (Å²) in [4.78, 5) is 11.7. The average molecular weight is 363 g/mol. The number of rotatable bonds is 7. The zero-order chi connectivity index (χ0) is 17.4. The van der Waals surface area contributed by atoms with E-state index in [2.05, 4.69) is 53.7 Å². The third-order valence-corrected chi connectivity index (χ3v) is 5.53. The molecule has 0 aliphatic carbocycles. The standard InChI is InChI=1S/C18H26N4S2/c1-5-19-18(21-12-17-14(3)22-15(4)24-17)20-11-13(2)23-16-9-7-6-8-10-16/h6-10,13H,5,11-12H2,1-4H3,(H2,19,20,21). The summed E-state index contributed by atoms with van der Waals surface area (Å²) in [6.45, 7) is 10.8. The number of guanidine groups is 1. The molecule has 2 N–H and O–H groups in total. The van der Waals surface area contributed by atoms with Crippen molar-refractivity contribution in [2.24, 2.45) is 4.99 Å². The van der Waals surface area contributed by atoms with E-state index in [1.54, 1.807) is 11.3 Å². The highest BCUT2D eigenvalue weighted by Gasteiger charge is 2.07. The maximum atomic E-state index is 4.69. The van der Waals surface area contributed by atoms with E-state index in [1.807, 2.05) is 31.7 Å². The minimum Gasteiger partial charge on any atom is -0.357 e. The Balaban J connectivity index is 1.88. The molecule has 2 rings (SSSR count). The number of thiazole rings is 1. The van der Waals surface area contributed by atoms with Crippen LogP contribution in [0.25, 0.3) is 0 Å². The van der Waals surface area contributed by atoms with Gasteiger partial charge in [0.05, 0.1) is 17.2 Å². The summed E-state index contributed by atoms with van der Waals surface area (Å²) in [5.41, 5.74) is 1.09. The van der Waals surface area contributed by atoms with Crippen LogP contribution in [0, 0.1) is 13.8 Å². The molecule has 130 valence electrons. The molecular weight excluding hydrogens is 336 g/mol. The molecule has 0 radical (unpaired) electrons. The van der Waals surface area contributed by atoms with Crippen LogP contribution in [0.5, 0.6) is 0 Å². The van der Waals surface area contributed by atoms with Crippen molar-refractivity contribution in [3.05, 3.63) is 45.9 Å². The van der Waals surface area contributed by atoms with Gasteiger partial charge in [-0.15, -0.1) is 23.1 Å². The van der Waals surface area contributed by atoms with Gasteiger partial charge in [0, 0.05) is 28.1 Å². The smallest absolute Gasteiger partial charge is 0.191 e. The fourth-order valence-electron chi connectivity index (χ4n) is 2.23. The zero-order valence-corrected chi connectivity index (χ0v) is 16.4. The first-order valence-electron chi connectivity index (χ1n) is 8.25. The molecule has 0 saturated carbocycles. The van der Waals surface area contributed by atoms with E-state index in [0.717, 1.165) is 29.8 Å². The first-order valence-corrected chi connectivity index (χ1v) is 9.95. The van der Waals surface area contributed by atoms with E-state index in [-0.39, 0.29) is 0 Å². The van der Waals surface area contributed by atoms with Crippen LogP contribution >= 0.6 is 23.1 Å². The van der Waals surface area contributed by atoms with Crippen molar-refractivity contribution in [3.8, 4) is 0 Å². The Morgan fingerprint density at radius 1 is 1.25 bits per heavy atom. The van der Waals surface area contributed by atoms with Crippen LogP contribution in [0.3, 0.4) is 0 Å². The van der Waals surface area contributed by atoms with Gasteiger partial charge in [0.25, 0.3) is 0 Å². The lowest BCUT2D eigenvalue weighted by molar-refractivity contribution is 0.795. The van der Waals surface area contributed by atoms with Gasteiger partial charge in [-0.1, -0.05) is 25.1 Å². The lowest BCUT2D eigenvalue weighted by atomic mass is 10.4. The van der Waals surface area contributed by atoms with Gasteiger partial charge in [-0.05, 0) is 32.9 Å². The quantitative estimate of drug-likeness (QED) is 0.444. The highest BCUT2D eigenvalue weighted by atomic mass is 32.2. The summed E-state index contributed by atoms with van der Waals surface area (Å²) < 4.78 is 0. The van der Waals surface area contributed by atoms with E-state index < -0.39 is 0 Å². The number of nitrogens with one attached hydrogen (secondary N) is 2. The number of nitrogens with zero attached hydrogens (tertiary/aromatic N) is 2. The molecule has 0 fully saturated rings. The second-order valence-corrected chi connectivity index (χ2v) is 8.36.